The van der Waals surface area contributed by atoms with Crippen LogP contribution in [0.5, 0.6) is 0 Å². The van der Waals surface area contributed by atoms with E-state index >= 15 is 0 Å². The Morgan fingerprint density at radius 2 is 1.32 bits per heavy atom. The van der Waals surface area contributed by atoms with Gasteiger partial charge in [0.15, 0.2) is 0 Å². The number of carbonyl (C=O) groups excluding carboxylic acids is 1. The van der Waals surface area contributed by atoms with Gasteiger partial charge in [0.1, 0.15) is 5.82 Å². The first-order valence-electron chi connectivity index (χ1n) is 12.8. The van der Waals surface area contributed by atoms with Crippen LogP contribution in [0.15, 0.2) is 24.4 Å². The Labute approximate surface area is 188 Å². The van der Waals surface area contributed by atoms with Crippen LogP contribution in [0.4, 0.5) is 4.39 Å². The van der Waals surface area contributed by atoms with Gasteiger partial charge in [-0.05, 0) is 12.5 Å². The lowest BCUT2D eigenvalue weighted by Crippen LogP contribution is -2.24. The van der Waals surface area contributed by atoms with Gasteiger partial charge in [-0.3, -0.25) is 4.79 Å². The molecule has 0 fully saturated rings. The number of nitrogens with one attached hydrogen (secondary N) is 2. The van der Waals surface area contributed by atoms with E-state index < -0.39 is 0 Å². The van der Waals surface area contributed by atoms with Crippen molar-refractivity contribution in [3.63, 3.8) is 0 Å². The first-order valence-corrected chi connectivity index (χ1v) is 12.8. The molecular weight excluding hydrogens is 387 g/mol. The van der Waals surface area contributed by atoms with Crippen LogP contribution in [0.3, 0.4) is 0 Å². The Kier molecular flexibility index (Phi) is 13.0. The Bertz CT molecular complexity index is 740. The molecule has 0 aliphatic carbocycles. The summed E-state index contributed by atoms with van der Waals surface area (Å²) in [7, 11) is 0. The van der Waals surface area contributed by atoms with Gasteiger partial charge in [0.05, 0.1) is 11.1 Å². The molecule has 4 heteroatoms. The highest BCUT2D eigenvalue weighted by Crippen LogP contribution is 2.20. The fourth-order valence-corrected chi connectivity index (χ4v) is 4.28. The highest BCUT2D eigenvalue weighted by Gasteiger charge is 2.13. The molecule has 0 aliphatic rings. The Hall–Kier alpha value is -1.84. The average Bonchev–Trinajstić information content (AvgIpc) is 3.21. The monoisotopic (exact) mass is 430 g/mol. The van der Waals surface area contributed by atoms with Crippen LogP contribution in [0.25, 0.3) is 10.9 Å². The summed E-state index contributed by atoms with van der Waals surface area (Å²) in [5, 5.41) is 3.61. The second-order valence-electron chi connectivity index (χ2n) is 8.92. The molecule has 0 aliphatic heterocycles. The van der Waals surface area contributed by atoms with Crippen LogP contribution < -0.4 is 5.32 Å². The number of amides is 1. The number of benzene rings is 1. The predicted molar refractivity (Wildman–Crippen MR) is 130 cm³/mol. The second-order valence-corrected chi connectivity index (χ2v) is 8.92. The van der Waals surface area contributed by atoms with Crippen molar-refractivity contribution in [2.75, 3.05) is 6.54 Å². The third-order valence-corrected chi connectivity index (χ3v) is 6.23. The van der Waals surface area contributed by atoms with Crippen LogP contribution in [0.1, 0.15) is 120 Å². The van der Waals surface area contributed by atoms with Crippen molar-refractivity contribution in [2.45, 2.75) is 110 Å². The molecule has 3 nitrogen and oxygen atoms in total. The predicted octanol–water partition coefficient (Wildman–Crippen LogP) is 8.30. The lowest BCUT2D eigenvalue weighted by molar-refractivity contribution is 0.0954. The summed E-state index contributed by atoms with van der Waals surface area (Å²) in [5.74, 6) is -0.452. The number of aromatic nitrogens is 1. The van der Waals surface area contributed by atoms with Gasteiger partial charge in [0, 0.05) is 18.1 Å². The fraction of sp³-hybridized carbons (Fsp3) is 0.667. The summed E-state index contributed by atoms with van der Waals surface area (Å²) in [5.41, 5.74) is 0.918. The van der Waals surface area contributed by atoms with Gasteiger partial charge in [-0.2, -0.15) is 0 Å². The zero-order chi connectivity index (χ0) is 22.2. The average molecular weight is 431 g/mol. The van der Waals surface area contributed by atoms with Crippen LogP contribution in [0.2, 0.25) is 0 Å². The first-order chi connectivity index (χ1) is 15.2. The molecular formula is C27H43FN2O. The van der Waals surface area contributed by atoms with Crippen molar-refractivity contribution in [3.8, 4) is 0 Å². The smallest absolute Gasteiger partial charge is 0.253 e. The maximum Gasteiger partial charge on any atom is 0.253 e. The van der Waals surface area contributed by atoms with Crippen molar-refractivity contribution in [1.82, 2.24) is 10.3 Å². The molecule has 2 rings (SSSR count). The van der Waals surface area contributed by atoms with E-state index in [2.05, 4.69) is 17.2 Å². The van der Waals surface area contributed by atoms with Gasteiger partial charge in [-0.1, -0.05) is 115 Å². The van der Waals surface area contributed by atoms with E-state index in [-0.39, 0.29) is 11.7 Å². The Balaban J connectivity index is 1.38. The number of para-hydroxylation sites is 1. The van der Waals surface area contributed by atoms with E-state index in [0.29, 0.717) is 23.0 Å². The minimum atomic E-state index is -0.325. The number of H-pyrrole nitrogens is 1. The molecule has 31 heavy (non-hydrogen) atoms. The van der Waals surface area contributed by atoms with E-state index in [4.69, 9.17) is 0 Å². The normalized spacial score (nSPS) is 11.3. The number of hydrogen-bond acceptors (Lipinski definition) is 1. The maximum absolute atomic E-state index is 13.7. The molecule has 2 N–H and O–H groups in total. The lowest BCUT2D eigenvalue weighted by Gasteiger charge is -2.05. The highest BCUT2D eigenvalue weighted by atomic mass is 19.1. The quantitative estimate of drug-likeness (QED) is 0.229. The van der Waals surface area contributed by atoms with Crippen LogP contribution in [0, 0.1) is 5.82 Å². The van der Waals surface area contributed by atoms with E-state index in [1.165, 1.54) is 96.0 Å². The summed E-state index contributed by atoms with van der Waals surface area (Å²) in [4.78, 5) is 15.2. The Morgan fingerprint density at radius 3 is 1.87 bits per heavy atom. The van der Waals surface area contributed by atoms with Crippen molar-refractivity contribution in [1.29, 1.82) is 0 Å². The summed E-state index contributed by atoms with van der Waals surface area (Å²) in [6.07, 6.45) is 23.1. The van der Waals surface area contributed by atoms with E-state index in [0.717, 1.165) is 12.8 Å². The molecule has 0 radical (unpaired) electrons. The van der Waals surface area contributed by atoms with E-state index in [1.807, 2.05) is 0 Å². The van der Waals surface area contributed by atoms with Gasteiger partial charge in [0.25, 0.3) is 5.91 Å². The van der Waals surface area contributed by atoms with E-state index in [1.54, 1.807) is 18.3 Å². The van der Waals surface area contributed by atoms with Gasteiger partial charge >= 0.3 is 0 Å². The minimum Gasteiger partial charge on any atom is -0.358 e. The lowest BCUT2D eigenvalue weighted by atomic mass is 10.0. The van der Waals surface area contributed by atoms with Crippen LogP contribution in [-0.2, 0) is 0 Å². The molecule has 1 amide bonds. The third kappa shape index (κ3) is 9.88. The highest BCUT2D eigenvalue weighted by molar-refractivity contribution is 6.06. The summed E-state index contributed by atoms with van der Waals surface area (Å²) < 4.78 is 13.7. The van der Waals surface area contributed by atoms with Crippen molar-refractivity contribution < 1.29 is 9.18 Å². The molecule has 2 aromatic rings. The summed E-state index contributed by atoms with van der Waals surface area (Å²) >= 11 is 0. The molecule has 1 aromatic heterocycles. The van der Waals surface area contributed by atoms with Crippen molar-refractivity contribution in [3.05, 3.63) is 35.8 Å². The van der Waals surface area contributed by atoms with Gasteiger partial charge < -0.3 is 10.3 Å². The van der Waals surface area contributed by atoms with E-state index in [9.17, 15) is 9.18 Å². The number of halogens is 1. The fourth-order valence-electron chi connectivity index (χ4n) is 4.28. The minimum absolute atomic E-state index is 0.127. The number of hydrogen-bond donors (Lipinski definition) is 2. The zero-order valence-corrected chi connectivity index (χ0v) is 19.6. The second kappa shape index (κ2) is 15.9. The molecule has 0 unspecified atom stereocenters. The molecule has 1 heterocycles. The number of carbonyl (C=O) groups is 1. The first kappa shape index (κ1) is 25.4. The van der Waals surface area contributed by atoms with Gasteiger partial charge in [-0.15, -0.1) is 0 Å². The Morgan fingerprint density at radius 1 is 0.806 bits per heavy atom. The van der Waals surface area contributed by atoms with Crippen LogP contribution in [-0.4, -0.2) is 17.4 Å². The SMILES string of the molecule is CCCCCCCCCCCCCCCCCCNC(=O)c1c[nH]c2c(F)cccc12. The number of rotatable bonds is 18. The zero-order valence-electron chi connectivity index (χ0n) is 19.6. The molecule has 0 atom stereocenters. The molecule has 0 saturated carbocycles. The summed E-state index contributed by atoms with van der Waals surface area (Å²) in [6.45, 7) is 2.96. The molecule has 174 valence electrons. The molecule has 1 aromatic carbocycles. The summed E-state index contributed by atoms with van der Waals surface area (Å²) in [6, 6.07) is 4.81. The van der Waals surface area contributed by atoms with Crippen LogP contribution >= 0.6 is 0 Å². The molecule has 0 saturated heterocycles. The number of unbranched alkanes of at least 4 members (excludes halogenated alkanes) is 15. The van der Waals surface area contributed by atoms with Gasteiger partial charge in [0.2, 0.25) is 0 Å². The number of fused-ring (bicyclic) bond motifs is 1. The third-order valence-electron chi connectivity index (χ3n) is 6.23. The number of aromatic amines is 1. The maximum atomic E-state index is 13.7. The van der Waals surface area contributed by atoms with Gasteiger partial charge in [-0.25, -0.2) is 4.39 Å². The topological polar surface area (TPSA) is 44.9 Å². The molecule has 0 bridgehead atoms. The van der Waals surface area contributed by atoms with Crippen molar-refractivity contribution >= 4 is 16.8 Å². The van der Waals surface area contributed by atoms with Crippen molar-refractivity contribution in [2.24, 2.45) is 0 Å². The largest absolute Gasteiger partial charge is 0.358 e. The standard InChI is InChI=1S/C27H43FN2O/c1-2-3-4-5-6-7-8-9-10-11-12-13-14-15-16-17-21-29-27(31)24-22-30-26-23(24)19-18-20-25(26)28/h18-20,22,30H,2-17,21H2,1H3,(H,29,31). The molecule has 0 spiro atoms.